The summed E-state index contributed by atoms with van der Waals surface area (Å²) < 4.78 is 11.1. The summed E-state index contributed by atoms with van der Waals surface area (Å²) in [6.07, 6.45) is 3.41. The highest BCUT2D eigenvalue weighted by Gasteiger charge is 2.26. The molecule has 3 aromatic rings. The summed E-state index contributed by atoms with van der Waals surface area (Å²) in [5, 5.41) is 10.0. The molecule has 1 amide bonds. The molecular weight excluding hydrogens is 380 g/mol. The number of likely N-dealkylation sites (tertiary alicyclic amines) is 1. The largest absolute Gasteiger partial charge is 0.454 e. The van der Waals surface area contributed by atoms with E-state index >= 15 is 0 Å². The Kier molecular flexibility index (Phi) is 5.11. The van der Waals surface area contributed by atoms with Gasteiger partial charge in [0.1, 0.15) is 0 Å². The van der Waals surface area contributed by atoms with Crippen molar-refractivity contribution < 1.29 is 14.3 Å². The Hall–Kier alpha value is -3.32. The van der Waals surface area contributed by atoms with Crippen molar-refractivity contribution in [2.75, 3.05) is 25.2 Å². The predicted molar refractivity (Wildman–Crippen MR) is 113 cm³/mol. The minimum atomic E-state index is 0.0260. The van der Waals surface area contributed by atoms with Crippen LogP contribution in [0.4, 0.5) is 5.69 Å². The van der Waals surface area contributed by atoms with Gasteiger partial charge in [0, 0.05) is 35.5 Å². The van der Waals surface area contributed by atoms with Gasteiger partial charge in [-0.1, -0.05) is 24.3 Å². The van der Waals surface area contributed by atoms with Gasteiger partial charge in [0.25, 0.3) is 0 Å². The first-order valence-corrected chi connectivity index (χ1v) is 10.3. The first kappa shape index (κ1) is 18.7. The molecule has 154 valence electrons. The van der Waals surface area contributed by atoms with E-state index < -0.39 is 0 Å². The Morgan fingerprint density at radius 3 is 2.83 bits per heavy atom. The molecule has 2 aliphatic rings. The molecule has 0 aliphatic carbocycles. The zero-order valence-electron chi connectivity index (χ0n) is 16.6. The Morgan fingerprint density at radius 1 is 1.13 bits per heavy atom. The van der Waals surface area contributed by atoms with Crippen molar-refractivity contribution in [3.8, 4) is 22.8 Å². The fraction of sp³-hybridized carbons (Fsp3) is 0.304. The normalized spacial score (nSPS) is 16.5. The summed E-state index contributed by atoms with van der Waals surface area (Å²) in [5.41, 5.74) is 3.89. The standard InChI is InChI=1S/C23H24N4O3/c28-23(25-19-5-1-3-17(13-19)20-7-10-24-26-20)16-8-11-27(12-9-16)14-18-4-2-6-21-22(18)30-15-29-21/h1-7,10,13,16H,8-9,11-12,14-15H2,(H,24,26)(H,25,28). The van der Waals surface area contributed by atoms with Gasteiger partial charge in [0.2, 0.25) is 12.7 Å². The average Bonchev–Trinajstić information content (AvgIpc) is 3.47. The number of benzene rings is 2. The second kappa shape index (κ2) is 8.20. The number of anilines is 1. The van der Waals surface area contributed by atoms with Crippen molar-refractivity contribution in [1.82, 2.24) is 15.1 Å². The van der Waals surface area contributed by atoms with E-state index in [2.05, 4.69) is 26.5 Å². The predicted octanol–water partition coefficient (Wildman–Crippen LogP) is 3.66. The number of H-pyrrole nitrogens is 1. The van der Waals surface area contributed by atoms with Crippen LogP contribution in [0.3, 0.4) is 0 Å². The van der Waals surface area contributed by atoms with Crippen molar-refractivity contribution in [2.45, 2.75) is 19.4 Å². The van der Waals surface area contributed by atoms with Gasteiger partial charge >= 0.3 is 0 Å². The molecule has 0 unspecified atom stereocenters. The molecule has 3 heterocycles. The third-order valence-electron chi connectivity index (χ3n) is 5.77. The molecule has 0 radical (unpaired) electrons. The van der Waals surface area contributed by atoms with Crippen LogP contribution in [0.15, 0.2) is 54.7 Å². The van der Waals surface area contributed by atoms with Crippen LogP contribution >= 0.6 is 0 Å². The van der Waals surface area contributed by atoms with Crippen LogP contribution in [0.2, 0.25) is 0 Å². The Labute approximate surface area is 175 Å². The fourth-order valence-electron chi connectivity index (χ4n) is 4.13. The van der Waals surface area contributed by atoms with Crippen LogP contribution in [-0.4, -0.2) is 40.9 Å². The van der Waals surface area contributed by atoms with E-state index in [1.165, 1.54) is 0 Å². The number of nitrogens with zero attached hydrogens (tertiary/aromatic N) is 2. The summed E-state index contributed by atoms with van der Waals surface area (Å²) in [6.45, 7) is 2.87. The van der Waals surface area contributed by atoms with E-state index in [9.17, 15) is 4.79 Å². The van der Waals surface area contributed by atoms with Gasteiger partial charge in [-0.05, 0) is 50.2 Å². The van der Waals surface area contributed by atoms with Gasteiger partial charge in [0.15, 0.2) is 11.5 Å². The van der Waals surface area contributed by atoms with Crippen LogP contribution in [0, 0.1) is 5.92 Å². The SMILES string of the molecule is O=C(Nc1cccc(-c2ccn[nH]2)c1)C1CCN(Cc2cccc3c2OCO3)CC1. The lowest BCUT2D eigenvalue weighted by Crippen LogP contribution is -2.37. The maximum Gasteiger partial charge on any atom is 0.231 e. The zero-order valence-corrected chi connectivity index (χ0v) is 16.6. The van der Waals surface area contributed by atoms with Crippen LogP contribution in [0.1, 0.15) is 18.4 Å². The molecule has 0 saturated carbocycles. The number of rotatable bonds is 5. The highest BCUT2D eigenvalue weighted by atomic mass is 16.7. The summed E-state index contributed by atoms with van der Waals surface area (Å²) >= 11 is 0. The second-order valence-corrected chi connectivity index (χ2v) is 7.74. The Bertz CT molecular complexity index is 1030. The smallest absolute Gasteiger partial charge is 0.231 e. The lowest BCUT2D eigenvalue weighted by molar-refractivity contribution is -0.121. The van der Waals surface area contributed by atoms with Crippen LogP contribution in [-0.2, 0) is 11.3 Å². The van der Waals surface area contributed by atoms with Crippen LogP contribution in [0.25, 0.3) is 11.3 Å². The Balaban J connectivity index is 1.17. The average molecular weight is 404 g/mol. The topological polar surface area (TPSA) is 79.5 Å². The first-order valence-electron chi connectivity index (χ1n) is 10.3. The summed E-state index contributed by atoms with van der Waals surface area (Å²) in [5.74, 6) is 1.79. The number of aromatic nitrogens is 2. The summed E-state index contributed by atoms with van der Waals surface area (Å²) in [4.78, 5) is 15.2. The minimum absolute atomic E-state index is 0.0260. The monoisotopic (exact) mass is 404 g/mol. The molecule has 1 fully saturated rings. The molecule has 30 heavy (non-hydrogen) atoms. The second-order valence-electron chi connectivity index (χ2n) is 7.74. The Morgan fingerprint density at radius 2 is 2.00 bits per heavy atom. The van der Waals surface area contributed by atoms with Crippen LogP contribution < -0.4 is 14.8 Å². The number of amides is 1. The number of fused-ring (bicyclic) bond motifs is 1. The maximum atomic E-state index is 12.8. The van der Waals surface area contributed by atoms with Gasteiger partial charge in [0.05, 0.1) is 5.69 Å². The third kappa shape index (κ3) is 3.89. The number of nitrogens with one attached hydrogen (secondary N) is 2. The van der Waals surface area contributed by atoms with Gasteiger partial charge in [-0.25, -0.2) is 0 Å². The number of para-hydroxylation sites is 1. The van der Waals surface area contributed by atoms with E-state index in [4.69, 9.17) is 9.47 Å². The third-order valence-corrected chi connectivity index (χ3v) is 5.77. The summed E-state index contributed by atoms with van der Waals surface area (Å²) in [7, 11) is 0. The minimum Gasteiger partial charge on any atom is -0.454 e. The number of hydrogen-bond acceptors (Lipinski definition) is 5. The molecular formula is C23H24N4O3. The molecule has 2 N–H and O–H groups in total. The van der Waals surface area contributed by atoms with E-state index in [0.717, 1.165) is 66.5 Å². The number of carbonyl (C=O) groups excluding carboxylic acids is 1. The van der Waals surface area contributed by atoms with E-state index in [0.29, 0.717) is 0 Å². The highest BCUT2D eigenvalue weighted by Crippen LogP contribution is 2.36. The molecule has 0 spiro atoms. The molecule has 7 heteroatoms. The molecule has 2 aliphatic heterocycles. The van der Waals surface area contributed by atoms with E-state index in [-0.39, 0.29) is 18.6 Å². The molecule has 7 nitrogen and oxygen atoms in total. The number of piperidine rings is 1. The van der Waals surface area contributed by atoms with E-state index in [1.807, 2.05) is 42.5 Å². The van der Waals surface area contributed by atoms with Crippen LogP contribution in [0.5, 0.6) is 11.5 Å². The van der Waals surface area contributed by atoms with Gasteiger partial charge in [-0.15, -0.1) is 0 Å². The summed E-state index contributed by atoms with van der Waals surface area (Å²) in [6, 6.07) is 15.8. The van der Waals surface area contributed by atoms with E-state index in [1.54, 1.807) is 6.20 Å². The maximum absolute atomic E-state index is 12.8. The molecule has 0 atom stereocenters. The number of carbonyl (C=O) groups is 1. The molecule has 1 saturated heterocycles. The zero-order chi connectivity index (χ0) is 20.3. The van der Waals surface area contributed by atoms with Crippen molar-refractivity contribution in [3.63, 3.8) is 0 Å². The highest BCUT2D eigenvalue weighted by molar-refractivity contribution is 5.93. The molecule has 0 bridgehead atoms. The quantitative estimate of drug-likeness (QED) is 0.679. The van der Waals surface area contributed by atoms with Gasteiger partial charge in [-0.2, -0.15) is 5.10 Å². The first-order chi connectivity index (χ1) is 14.8. The van der Waals surface area contributed by atoms with Crippen molar-refractivity contribution in [1.29, 1.82) is 0 Å². The molecule has 5 rings (SSSR count). The number of ether oxygens (including phenoxy) is 2. The fourth-order valence-corrected chi connectivity index (χ4v) is 4.13. The van der Waals surface area contributed by atoms with Crippen molar-refractivity contribution in [2.24, 2.45) is 5.92 Å². The van der Waals surface area contributed by atoms with Gasteiger partial charge in [-0.3, -0.25) is 14.8 Å². The molecule has 1 aromatic heterocycles. The van der Waals surface area contributed by atoms with Crippen molar-refractivity contribution in [3.05, 3.63) is 60.3 Å². The van der Waals surface area contributed by atoms with Gasteiger partial charge < -0.3 is 14.8 Å². The number of aromatic amines is 1. The lowest BCUT2D eigenvalue weighted by atomic mass is 9.95. The van der Waals surface area contributed by atoms with Crippen molar-refractivity contribution >= 4 is 11.6 Å². The number of hydrogen-bond donors (Lipinski definition) is 2. The lowest BCUT2D eigenvalue weighted by Gasteiger charge is -2.31. The molecule has 2 aromatic carbocycles.